The highest BCUT2D eigenvalue weighted by Gasteiger charge is 2.25. The van der Waals surface area contributed by atoms with Gasteiger partial charge in [0.2, 0.25) is 0 Å². The minimum atomic E-state index is -1.01. The van der Waals surface area contributed by atoms with Crippen LogP contribution in [-0.4, -0.2) is 23.7 Å². The standard InChI is InChI=1S/C9H13NO3S/c1-2-13-9(12)7(10)8(11)6-4-3-5-14-6/h3-5,7-8,11H,2,10H2,1H3. The van der Waals surface area contributed by atoms with Crippen molar-refractivity contribution in [1.29, 1.82) is 0 Å². The molecule has 1 heterocycles. The molecule has 0 amide bonds. The lowest BCUT2D eigenvalue weighted by Gasteiger charge is -2.15. The smallest absolute Gasteiger partial charge is 0.326 e. The molecule has 1 rings (SSSR count). The van der Waals surface area contributed by atoms with Crippen molar-refractivity contribution in [1.82, 2.24) is 0 Å². The van der Waals surface area contributed by atoms with Gasteiger partial charge in [-0.15, -0.1) is 11.3 Å². The van der Waals surface area contributed by atoms with E-state index >= 15 is 0 Å². The highest BCUT2D eigenvalue weighted by molar-refractivity contribution is 7.10. The summed E-state index contributed by atoms with van der Waals surface area (Å²) in [6.45, 7) is 1.96. The summed E-state index contributed by atoms with van der Waals surface area (Å²) in [4.78, 5) is 11.8. The Morgan fingerprint density at radius 3 is 3.00 bits per heavy atom. The van der Waals surface area contributed by atoms with Crippen molar-refractivity contribution in [3.05, 3.63) is 22.4 Å². The maximum Gasteiger partial charge on any atom is 0.326 e. The molecule has 0 radical (unpaired) electrons. The number of hydrogen-bond donors (Lipinski definition) is 2. The molecule has 0 saturated heterocycles. The number of nitrogens with two attached hydrogens (primary N) is 1. The van der Waals surface area contributed by atoms with Crippen LogP contribution >= 0.6 is 11.3 Å². The van der Waals surface area contributed by atoms with E-state index in [1.807, 2.05) is 5.38 Å². The number of esters is 1. The Morgan fingerprint density at radius 2 is 2.50 bits per heavy atom. The molecule has 0 aromatic carbocycles. The molecular weight excluding hydrogens is 202 g/mol. The third kappa shape index (κ3) is 2.54. The molecular formula is C9H13NO3S. The Bertz CT molecular complexity index is 286. The Kier molecular flexibility index (Phi) is 4.06. The third-order valence-corrected chi connectivity index (χ3v) is 2.68. The summed E-state index contributed by atoms with van der Waals surface area (Å²) >= 11 is 1.36. The van der Waals surface area contributed by atoms with Crippen molar-refractivity contribution in [3.63, 3.8) is 0 Å². The second kappa shape index (κ2) is 5.09. The Morgan fingerprint density at radius 1 is 1.79 bits per heavy atom. The zero-order valence-electron chi connectivity index (χ0n) is 7.84. The fourth-order valence-electron chi connectivity index (χ4n) is 1.00. The summed E-state index contributed by atoms with van der Waals surface area (Å²) in [5.74, 6) is -0.576. The minimum absolute atomic E-state index is 0.268. The maximum atomic E-state index is 11.2. The summed E-state index contributed by atoms with van der Waals surface area (Å²) in [5.41, 5.74) is 5.52. The number of aliphatic hydroxyl groups excluding tert-OH is 1. The highest BCUT2D eigenvalue weighted by atomic mass is 32.1. The normalized spacial score (nSPS) is 14.8. The van der Waals surface area contributed by atoms with E-state index in [2.05, 4.69) is 0 Å². The summed E-state index contributed by atoms with van der Waals surface area (Å²) in [6.07, 6.45) is -0.978. The molecule has 0 aliphatic rings. The second-order valence-corrected chi connectivity index (χ2v) is 3.72. The van der Waals surface area contributed by atoms with E-state index in [4.69, 9.17) is 10.5 Å². The topological polar surface area (TPSA) is 72.5 Å². The van der Waals surface area contributed by atoms with Crippen molar-refractivity contribution >= 4 is 17.3 Å². The van der Waals surface area contributed by atoms with Crippen LogP contribution in [0.25, 0.3) is 0 Å². The maximum absolute atomic E-state index is 11.2. The molecule has 5 heteroatoms. The molecule has 0 saturated carbocycles. The molecule has 0 aliphatic heterocycles. The predicted octanol–water partition coefficient (Wildman–Crippen LogP) is 0.672. The molecule has 1 aromatic rings. The van der Waals surface area contributed by atoms with Gasteiger partial charge in [-0.3, -0.25) is 4.79 Å². The Labute approximate surface area is 86.3 Å². The zero-order valence-corrected chi connectivity index (χ0v) is 8.66. The zero-order chi connectivity index (χ0) is 10.6. The lowest BCUT2D eigenvalue weighted by molar-refractivity contribution is -0.147. The van der Waals surface area contributed by atoms with Crippen molar-refractivity contribution in [2.45, 2.75) is 19.1 Å². The molecule has 1 aromatic heterocycles. The van der Waals surface area contributed by atoms with E-state index in [9.17, 15) is 9.90 Å². The van der Waals surface area contributed by atoms with Gasteiger partial charge in [-0.05, 0) is 18.4 Å². The molecule has 14 heavy (non-hydrogen) atoms. The van der Waals surface area contributed by atoms with Crippen LogP contribution in [0.5, 0.6) is 0 Å². The van der Waals surface area contributed by atoms with Gasteiger partial charge in [0.1, 0.15) is 12.1 Å². The molecule has 78 valence electrons. The molecule has 0 spiro atoms. The first-order valence-corrected chi connectivity index (χ1v) is 5.18. The molecule has 2 unspecified atom stereocenters. The molecule has 2 atom stereocenters. The molecule has 0 bridgehead atoms. The van der Waals surface area contributed by atoms with Crippen LogP contribution in [0.1, 0.15) is 17.9 Å². The van der Waals surface area contributed by atoms with Crippen LogP contribution < -0.4 is 5.73 Å². The van der Waals surface area contributed by atoms with Crippen molar-refractivity contribution < 1.29 is 14.6 Å². The van der Waals surface area contributed by atoms with Crippen LogP contribution in [0, 0.1) is 0 Å². The molecule has 0 aliphatic carbocycles. The monoisotopic (exact) mass is 215 g/mol. The quantitative estimate of drug-likeness (QED) is 0.724. The van der Waals surface area contributed by atoms with Gasteiger partial charge in [-0.1, -0.05) is 6.07 Å². The van der Waals surface area contributed by atoms with E-state index in [-0.39, 0.29) is 6.61 Å². The number of ether oxygens (including phenoxy) is 1. The van der Waals surface area contributed by atoms with Crippen LogP contribution in [-0.2, 0) is 9.53 Å². The SMILES string of the molecule is CCOC(=O)C(N)C(O)c1cccs1. The van der Waals surface area contributed by atoms with Crippen molar-refractivity contribution in [3.8, 4) is 0 Å². The van der Waals surface area contributed by atoms with E-state index in [1.54, 1.807) is 19.1 Å². The average molecular weight is 215 g/mol. The minimum Gasteiger partial charge on any atom is -0.465 e. The van der Waals surface area contributed by atoms with Crippen LogP contribution in [0.15, 0.2) is 17.5 Å². The van der Waals surface area contributed by atoms with Gasteiger partial charge >= 0.3 is 5.97 Å². The van der Waals surface area contributed by atoms with E-state index in [1.165, 1.54) is 11.3 Å². The van der Waals surface area contributed by atoms with E-state index < -0.39 is 18.1 Å². The number of carbonyl (C=O) groups excluding carboxylic acids is 1. The van der Waals surface area contributed by atoms with Gasteiger partial charge in [-0.25, -0.2) is 0 Å². The van der Waals surface area contributed by atoms with Crippen LogP contribution in [0.2, 0.25) is 0 Å². The van der Waals surface area contributed by atoms with Gasteiger partial charge in [0.15, 0.2) is 0 Å². The first-order chi connectivity index (χ1) is 6.66. The van der Waals surface area contributed by atoms with Crippen LogP contribution in [0.4, 0.5) is 0 Å². The van der Waals surface area contributed by atoms with Gasteiger partial charge in [0.25, 0.3) is 0 Å². The first kappa shape index (κ1) is 11.2. The fourth-order valence-corrected chi connectivity index (χ4v) is 1.76. The van der Waals surface area contributed by atoms with E-state index in [0.29, 0.717) is 4.88 Å². The van der Waals surface area contributed by atoms with Crippen molar-refractivity contribution in [2.75, 3.05) is 6.61 Å². The largest absolute Gasteiger partial charge is 0.465 e. The highest BCUT2D eigenvalue weighted by Crippen LogP contribution is 2.21. The van der Waals surface area contributed by atoms with Gasteiger partial charge < -0.3 is 15.6 Å². The average Bonchev–Trinajstić information content (AvgIpc) is 2.68. The first-order valence-electron chi connectivity index (χ1n) is 4.30. The van der Waals surface area contributed by atoms with Gasteiger partial charge in [0, 0.05) is 4.88 Å². The molecule has 0 fully saturated rings. The summed E-state index contributed by atoms with van der Waals surface area (Å²) in [7, 11) is 0. The van der Waals surface area contributed by atoms with Crippen LogP contribution in [0.3, 0.4) is 0 Å². The summed E-state index contributed by atoms with van der Waals surface area (Å²) < 4.78 is 4.70. The number of rotatable bonds is 4. The summed E-state index contributed by atoms with van der Waals surface area (Å²) in [6, 6.07) is 2.52. The van der Waals surface area contributed by atoms with Gasteiger partial charge in [-0.2, -0.15) is 0 Å². The number of thiophene rings is 1. The summed E-state index contributed by atoms with van der Waals surface area (Å²) in [5, 5.41) is 11.5. The second-order valence-electron chi connectivity index (χ2n) is 2.74. The van der Waals surface area contributed by atoms with Gasteiger partial charge in [0.05, 0.1) is 6.61 Å². The Hall–Kier alpha value is -0.910. The lowest BCUT2D eigenvalue weighted by atomic mass is 10.1. The third-order valence-electron chi connectivity index (χ3n) is 1.73. The predicted molar refractivity (Wildman–Crippen MR) is 53.9 cm³/mol. The number of carbonyl (C=O) groups is 1. The molecule has 4 nitrogen and oxygen atoms in total. The Balaban J connectivity index is 2.61. The fraction of sp³-hybridized carbons (Fsp3) is 0.444. The number of hydrogen-bond acceptors (Lipinski definition) is 5. The molecule has 3 N–H and O–H groups in total. The van der Waals surface area contributed by atoms with Crippen molar-refractivity contribution in [2.24, 2.45) is 5.73 Å². The number of aliphatic hydroxyl groups is 1. The lowest BCUT2D eigenvalue weighted by Crippen LogP contribution is -2.37. The van der Waals surface area contributed by atoms with E-state index in [0.717, 1.165) is 0 Å².